The fourth-order valence-electron chi connectivity index (χ4n) is 2.72. The Morgan fingerprint density at radius 1 is 1.17 bits per heavy atom. The molecule has 2 aliphatic rings. The van der Waals surface area contributed by atoms with Gasteiger partial charge in [-0.3, -0.25) is 4.79 Å². The summed E-state index contributed by atoms with van der Waals surface area (Å²) in [6.07, 6.45) is -3.24. The van der Waals surface area contributed by atoms with Crippen LogP contribution in [0.2, 0.25) is 0 Å². The van der Waals surface area contributed by atoms with E-state index in [1.807, 2.05) is 30.3 Å². The van der Waals surface area contributed by atoms with Crippen LogP contribution in [0.25, 0.3) is 0 Å². The van der Waals surface area contributed by atoms with E-state index in [2.05, 4.69) is 0 Å². The summed E-state index contributed by atoms with van der Waals surface area (Å²) in [6, 6.07) is 9.51. The van der Waals surface area contributed by atoms with Gasteiger partial charge in [-0.1, -0.05) is 30.3 Å². The monoisotopic (exact) mass is 336 g/mol. The van der Waals surface area contributed by atoms with Crippen LogP contribution in [-0.4, -0.2) is 48.7 Å². The lowest BCUT2D eigenvalue weighted by atomic mass is 9.96. The van der Waals surface area contributed by atoms with Gasteiger partial charge in [-0.2, -0.15) is 0 Å². The SMILES string of the molecule is CC(C)(C)C(=O)O[C@H]1CO[C@@H]2CO[C@@H](c3ccccc3)O[C@H]2[C@@H]1O. The highest BCUT2D eigenvalue weighted by Crippen LogP contribution is 2.33. The van der Waals surface area contributed by atoms with Gasteiger partial charge in [-0.15, -0.1) is 0 Å². The van der Waals surface area contributed by atoms with Crippen LogP contribution in [0, 0.1) is 5.41 Å². The Morgan fingerprint density at radius 3 is 2.54 bits per heavy atom. The highest BCUT2D eigenvalue weighted by Gasteiger charge is 2.47. The quantitative estimate of drug-likeness (QED) is 0.831. The van der Waals surface area contributed by atoms with Gasteiger partial charge in [0.2, 0.25) is 0 Å². The Balaban J connectivity index is 1.68. The Bertz CT molecular complexity index is 567. The molecule has 6 nitrogen and oxygen atoms in total. The van der Waals surface area contributed by atoms with Gasteiger partial charge in [0, 0.05) is 5.56 Å². The van der Waals surface area contributed by atoms with E-state index in [9.17, 15) is 9.90 Å². The minimum atomic E-state index is -0.954. The summed E-state index contributed by atoms with van der Waals surface area (Å²) in [5.74, 6) is -0.375. The van der Waals surface area contributed by atoms with Crippen molar-refractivity contribution in [3.63, 3.8) is 0 Å². The summed E-state index contributed by atoms with van der Waals surface area (Å²) in [4.78, 5) is 12.1. The normalized spacial score (nSPS) is 33.6. The Kier molecular flexibility index (Phi) is 4.92. The van der Waals surface area contributed by atoms with Crippen molar-refractivity contribution in [2.45, 2.75) is 51.5 Å². The van der Waals surface area contributed by atoms with Crippen molar-refractivity contribution in [1.82, 2.24) is 0 Å². The van der Waals surface area contributed by atoms with E-state index in [0.29, 0.717) is 6.61 Å². The molecule has 2 heterocycles. The molecular weight excluding hydrogens is 312 g/mol. The van der Waals surface area contributed by atoms with Gasteiger partial charge in [0.15, 0.2) is 12.4 Å². The average Bonchev–Trinajstić information content (AvgIpc) is 2.57. The molecule has 1 N–H and O–H groups in total. The van der Waals surface area contributed by atoms with Crippen LogP contribution in [0.1, 0.15) is 32.6 Å². The second kappa shape index (κ2) is 6.80. The van der Waals surface area contributed by atoms with Gasteiger partial charge in [0.05, 0.1) is 18.6 Å². The molecule has 0 bridgehead atoms. The van der Waals surface area contributed by atoms with Crippen LogP contribution in [0.5, 0.6) is 0 Å². The molecule has 2 saturated heterocycles. The first-order chi connectivity index (χ1) is 11.4. The van der Waals surface area contributed by atoms with E-state index in [4.69, 9.17) is 18.9 Å². The molecule has 0 unspecified atom stereocenters. The number of hydrogen-bond acceptors (Lipinski definition) is 6. The summed E-state index contributed by atoms with van der Waals surface area (Å²) < 4.78 is 22.7. The minimum absolute atomic E-state index is 0.132. The maximum atomic E-state index is 12.1. The highest BCUT2D eigenvalue weighted by atomic mass is 16.7. The molecule has 5 atom stereocenters. The third kappa shape index (κ3) is 3.62. The van der Waals surface area contributed by atoms with Crippen molar-refractivity contribution in [3.05, 3.63) is 35.9 Å². The van der Waals surface area contributed by atoms with Gasteiger partial charge in [-0.25, -0.2) is 0 Å². The molecular formula is C18H24O6. The van der Waals surface area contributed by atoms with Crippen molar-refractivity contribution in [1.29, 1.82) is 0 Å². The number of aliphatic hydroxyl groups excluding tert-OH is 1. The predicted molar refractivity (Wildman–Crippen MR) is 85.1 cm³/mol. The molecule has 3 rings (SSSR count). The second-order valence-electron chi connectivity index (χ2n) is 7.23. The molecule has 24 heavy (non-hydrogen) atoms. The van der Waals surface area contributed by atoms with E-state index >= 15 is 0 Å². The maximum Gasteiger partial charge on any atom is 0.311 e. The lowest BCUT2D eigenvalue weighted by Crippen LogP contribution is -2.59. The first-order valence-electron chi connectivity index (χ1n) is 8.19. The Hall–Kier alpha value is -1.47. The number of ether oxygens (including phenoxy) is 4. The third-order valence-electron chi connectivity index (χ3n) is 4.19. The summed E-state index contributed by atoms with van der Waals surface area (Å²) in [7, 11) is 0. The summed E-state index contributed by atoms with van der Waals surface area (Å²) in [6.45, 7) is 5.76. The van der Waals surface area contributed by atoms with Gasteiger partial charge >= 0.3 is 5.97 Å². The lowest BCUT2D eigenvalue weighted by Gasteiger charge is -2.44. The van der Waals surface area contributed by atoms with Gasteiger partial charge in [0.1, 0.15) is 18.3 Å². The van der Waals surface area contributed by atoms with E-state index in [1.165, 1.54) is 0 Å². The maximum absolute atomic E-state index is 12.1. The lowest BCUT2D eigenvalue weighted by molar-refractivity contribution is -0.315. The van der Waals surface area contributed by atoms with Crippen LogP contribution >= 0.6 is 0 Å². The number of carbonyl (C=O) groups excluding carboxylic acids is 1. The molecule has 2 fully saturated rings. The van der Waals surface area contributed by atoms with Gasteiger partial charge in [0.25, 0.3) is 0 Å². The van der Waals surface area contributed by atoms with E-state index in [-0.39, 0.29) is 18.7 Å². The number of carbonyl (C=O) groups is 1. The third-order valence-corrected chi connectivity index (χ3v) is 4.19. The Morgan fingerprint density at radius 2 is 1.88 bits per heavy atom. The van der Waals surface area contributed by atoms with Gasteiger partial charge < -0.3 is 24.1 Å². The van der Waals surface area contributed by atoms with Crippen molar-refractivity contribution < 1.29 is 28.8 Å². The molecule has 0 saturated carbocycles. The largest absolute Gasteiger partial charge is 0.457 e. The molecule has 6 heteroatoms. The minimum Gasteiger partial charge on any atom is -0.457 e. The van der Waals surface area contributed by atoms with E-state index < -0.39 is 30.0 Å². The number of hydrogen-bond donors (Lipinski definition) is 1. The van der Waals surface area contributed by atoms with Crippen LogP contribution in [-0.2, 0) is 23.7 Å². The molecule has 0 radical (unpaired) electrons. The number of fused-ring (bicyclic) bond motifs is 1. The van der Waals surface area contributed by atoms with E-state index in [1.54, 1.807) is 20.8 Å². The van der Waals surface area contributed by atoms with Crippen LogP contribution in [0.4, 0.5) is 0 Å². The number of aliphatic hydroxyl groups is 1. The summed E-state index contributed by atoms with van der Waals surface area (Å²) in [5, 5.41) is 10.6. The van der Waals surface area contributed by atoms with Crippen molar-refractivity contribution >= 4 is 5.97 Å². The van der Waals surface area contributed by atoms with Crippen LogP contribution in [0.3, 0.4) is 0 Å². The fourth-order valence-corrected chi connectivity index (χ4v) is 2.72. The van der Waals surface area contributed by atoms with Crippen LogP contribution in [0.15, 0.2) is 30.3 Å². The molecule has 0 amide bonds. The fraction of sp³-hybridized carbons (Fsp3) is 0.611. The van der Waals surface area contributed by atoms with E-state index in [0.717, 1.165) is 5.56 Å². The zero-order valence-corrected chi connectivity index (χ0v) is 14.2. The smallest absolute Gasteiger partial charge is 0.311 e. The molecule has 1 aromatic carbocycles. The molecule has 0 aromatic heterocycles. The number of esters is 1. The van der Waals surface area contributed by atoms with Gasteiger partial charge in [-0.05, 0) is 20.8 Å². The molecule has 132 valence electrons. The summed E-state index contributed by atoms with van der Waals surface area (Å²) in [5.41, 5.74) is 0.233. The molecule has 0 spiro atoms. The molecule has 0 aliphatic carbocycles. The predicted octanol–water partition coefficient (Wildman–Crippen LogP) is 1.82. The first-order valence-corrected chi connectivity index (χ1v) is 8.19. The second-order valence-corrected chi connectivity index (χ2v) is 7.23. The zero-order valence-electron chi connectivity index (χ0n) is 14.2. The molecule has 2 aliphatic heterocycles. The zero-order chi connectivity index (χ0) is 17.3. The standard InChI is InChI=1S/C18H24O6/c1-18(2,3)17(20)23-12-9-21-13-10-22-16(24-15(13)14(12)19)11-7-5-4-6-8-11/h4-8,12-16,19H,9-10H2,1-3H3/t12-,13+,14+,15+,16+/m0/s1. The van der Waals surface area contributed by atoms with Crippen molar-refractivity contribution in [3.8, 4) is 0 Å². The van der Waals surface area contributed by atoms with Crippen molar-refractivity contribution in [2.75, 3.05) is 13.2 Å². The number of benzene rings is 1. The molecule has 1 aromatic rings. The van der Waals surface area contributed by atoms with Crippen molar-refractivity contribution in [2.24, 2.45) is 5.41 Å². The van der Waals surface area contributed by atoms with Crippen LogP contribution < -0.4 is 0 Å². The Labute approximate surface area is 141 Å². The summed E-state index contributed by atoms with van der Waals surface area (Å²) >= 11 is 0. The first kappa shape index (κ1) is 17.4. The average molecular weight is 336 g/mol. The number of rotatable bonds is 2. The highest BCUT2D eigenvalue weighted by molar-refractivity contribution is 5.75. The topological polar surface area (TPSA) is 74.2 Å².